The SMILES string of the molecule is Cc1cc(-c2cccc(-c3ccc4c5ccc6cc(-c7cccc(-c8ccccc8)c7)ccc6c5n(-c5ccccc5)c4c3)n2)ccn1. The first-order valence-corrected chi connectivity index (χ1v) is 16.3. The van der Waals surface area contributed by atoms with Crippen LogP contribution in [0.5, 0.6) is 0 Å². The summed E-state index contributed by atoms with van der Waals surface area (Å²) in [5.74, 6) is 0. The van der Waals surface area contributed by atoms with E-state index in [2.05, 4.69) is 167 Å². The predicted molar refractivity (Wildman–Crippen MR) is 200 cm³/mol. The van der Waals surface area contributed by atoms with Crippen LogP contribution in [0.4, 0.5) is 0 Å². The molecule has 0 radical (unpaired) electrons. The third-order valence-electron chi connectivity index (χ3n) is 9.30. The molecule has 9 aromatic rings. The Morgan fingerprint density at radius 3 is 1.85 bits per heavy atom. The number of pyridine rings is 2. The zero-order chi connectivity index (χ0) is 32.0. The third-order valence-corrected chi connectivity index (χ3v) is 9.30. The molecule has 0 amide bonds. The number of fused-ring (bicyclic) bond motifs is 5. The van der Waals surface area contributed by atoms with Crippen LogP contribution in [0.3, 0.4) is 0 Å². The Labute approximate surface area is 279 Å². The zero-order valence-corrected chi connectivity index (χ0v) is 26.5. The third kappa shape index (κ3) is 4.85. The predicted octanol–water partition coefficient (Wildman–Crippen LogP) is 11.7. The Balaban J connectivity index is 1.22. The second-order valence-electron chi connectivity index (χ2n) is 12.3. The fraction of sp³-hybridized carbons (Fsp3) is 0.0222. The van der Waals surface area contributed by atoms with Crippen LogP contribution in [0, 0.1) is 6.92 Å². The van der Waals surface area contributed by atoms with Gasteiger partial charge >= 0.3 is 0 Å². The Bertz CT molecular complexity index is 2620. The van der Waals surface area contributed by atoms with Crippen molar-refractivity contribution in [2.45, 2.75) is 6.92 Å². The largest absolute Gasteiger partial charge is 0.309 e. The average molecular weight is 614 g/mol. The van der Waals surface area contributed by atoms with Gasteiger partial charge < -0.3 is 4.57 Å². The van der Waals surface area contributed by atoms with Crippen molar-refractivity contribution in [1.82, 2.24) is 14.5 Å². The molecule has 0 unspecified atom stereocenters. The van der Waals surface area contributed by atoms with Crippen molar-refractivity contribution >= 4 is 32.6 Å². The lowest BCUT2D eigenvalue weighted by Crippen LogP contribution is -1.95. The molecule has 0 aliphatic rings. The van der Waals surface area contributed by atoms with Gasteiger partial charge in [0.25, 0.3) is 0 Å². The first-order valence-electron chi connectivity index (χ1n) is 16.3. The van der Waals surface area contributed by atoms with Gasteiger partial charge in [0, 0.05) is 44.9 Å². The van der Waals surface area contributed by atoms with Gasteiger partial charge in [0.1, 0.15) is 0 Å². The van der Waals surface area contributed by atoms with E-state index in [1.807, 2.05) is 19.2 Å². The maximum absolute atomic E-state index is 5.09. The number of hydrogen-bond donors (Lipinski definition) is 0. The maximum Gasteiger partial charge on any atom is 0.0710 e. The van der Waals surface area contributed by atoms with E-state index in [-0.39, 0.29) is 0 Å². The second kappa shape index (κ2) is 11.5. The van der Waals surface area contributed by atoms with E-state index >= 15 is 0 Å². The Morgan fingerprint density at radius 1 is 0.438 bits per heavy atom. The van der Waals surface area contributed by atoms with Crippen LogP contribution < -0.4 is 0 Å². The summed E-state index contributed by atoms with van der Waals surface area (Å²) in [5.41, 5.74) is 13.4. The van der Waals surface area contributed by atoms with Crippen molar-refractivity contribution in [3.63, 3.8) is 0 Å². The van der Waals surface area contributed by atoms with E-state index in [0.717, 1.165) is 39.4 Å². The highest BCUT2D eigenvalue weighted by atomic mass is 15.0. The summed E-state index contributed by atoms with van der Waals surface area (Å²) in [7, 11) is 0. The number of rotatable bonds is 5. The summed E-state index contributed by atoms with van der Waals surface area (Å²) in [6.45, 7) is 2.01. The standard InChI is InChI=1S/C45H31N3/c1-30-26-37(24-25-46-30)43-17-9-16-42(47-43)36-20-22-40-41-23-19-35-28-34(33-13-8-12-32(27-33)31-10-4-2-5-11-31)18-21-39(35)45(41)48(44(40)29-36)38-14-6-3-7-15-38/h2-29H,1H3. The smallest absolute Gasteiger partial charge is 0.0710 e. The first-order chi connectivity index (χ1) is 23.7. The molecule has 0 saturated heterocycles. The van der Waals surface area contributed by atoms with Gasteiger partial charge in [-0.25, -0.2) is 4.98 Å². The Hall–Kier alpha value is -6.32. The number of aromatic nitrogens is 3. The van der Waals surface area contributed by atoms with Crippen LogP contribution in [-0.2, 0) is 0 Å². The van der Waals surface area contributed by atoms with Gasteiger partial charge in [-0.3, -0.25) is 4.98 Å². The normalized spacial score (nSPS) is 11.4. The van der Waals surface area contributed by atoms with Crippen molar-refractivity contribution in [1.29, 1.82) is 0 Å². The number of nitrogens with zero attached hydrogens (tertiary/aromatic N) is 3. The topological polar surface area (TPSA) is 30.7 Å². The van der Waals surface area contributed by atoms with Gasteiger partial charge in [-0.05, 0) is 89.2 Å². The van der Waals surface area contributed by atoms with Crippen molar-refractivity contribution in [3.8, 4) is 50.5 Å². The van der Waals surface area contributed by atoms with Gasteiger partial charge in [-0.1, -0.05) is 109 Å². The molecule has 9 rings (SSSR count). The highest BCUT2D eigenvalue weighted by Gasteiger charge is 2.17. The van der Waals surface area contributed by atoms with E-state index in [1.165, 1.54) is 49.3 Å². The summed E-state index contributed by atoms with van der Waals surface area (Å²) < 4.78 is 2.42. The molecule has 3 heterocycles. The molecule has 0 bridgehead atoms. The molecule has 48 heavy (non-hydrogen) atoms. The molecule has 0 atom stereocenters. The van der Waals surface area contributed by atoms with Gasteiger partial charge in [-0.2, -0.15) is 0 Å². The highest BCUT2D eigenvalue weighted by molar-refractivity contribution is 6.19. The van der Waals surface area contributed by atoms with Crippen LogP contribution in [0.15, 0.2) is 170 Å². The lowest BCUT2D eigenvalue weighted by atomic mass is 9.96. The first kappa shape index (κ1) is 27.9. The molecule has 0 N–H and O–H groups in total. The number of para-hydroxylation sites is 1. The highest BCUT2D eigenvalue weighted by Crippen LogP contribution is 2.39. The maximum atomic E-state index is 5.09. The lowest BCUT2D eigenvalue weighted by Gasteiger charge is -2.12. The van der Waals surface area contributed by atoms with Crippen LogP contribution >= 0.6 is 0 Å². The van der Waals surface area contributed by atoms with Crippen molar-refractivity contribution < 1.29 is 0 Å². The van der Waals surface area contributed by atoms with Crippen LogP contribution in [-0.4, -0.2) is 14.5 Å². The second-order valence-corrected chi connectivity index (χ2v) is 12.3. The Morgan fingerprint density at radius 2 is 1.06 bits per heavy atom. The molecule has 0 fully saturated rings. The van der Waals surface area contributed by atoms with Crippen LogP contribution in [0.25, 0.3) is 83.0 Å². The molecule has 0 saturated carbocycles. The van der Waals surface area contributed by atoms with Crippen molar-refractivity contribution in [2.75, 3.05) is 0 Å². The quantitative estimate of drug-likeness (QED) is 0.193. The number of hydrogen-bond acceptors (Lipinski definition) is 2. The molecular formula is C45H31N3. The average Bonchev–Trinajstić information content (AvgIpc) is 3.49. The number of aryl methyl sites for hydroxylation is 1. The monoisotopic (exact) mass is 613 g/mol. The molecule has 226 valence electrons. The van der Waals surface area contributed by atoms with Crippen molar-refractivity contribution in [2.24, 2.45) is 0 Å². The summed E-state index contributed by atoms with van der Waals surface area (Å²) in [6.07, 6.45) is 1.85. The molecule has 3 nitrogen and oxygen atoms in total. The molecule has 0 aliphatic carbocycles. The van der Waals surface area contributed by atoms with Crippen LogP contribution in [0.2, 0.25) is 0 Å². The minimum absolute atomic E-state index is 0.942. The van der Waals surface area contributed by atoms with E-state index in [4.69, 9.17) is 4.98 Å². The van der Waals surface area contributed by atoms with Gasteiger partial charge in [-0.15, -0.1) is 0 Å². The fourth-order valence-corrected chi connectivity index (χ4v) is 6.99. The summed E-state index contributed by atoms with van der Waals surface area (Å²) in [6, 6.07) is 58.6. The minimum atomic E-state index is 0.942. The van der Waals surface area contributed by atoms with E-state index in [0.29, 0.717) is 0 Å². The summed E-state index contributed by atoms with van der Waals surface area (Å²) in [5, 5.41) is 4.90. The zero-order valence-electron chi connectivity index (χ0n) is 26.5. The van der Waals surface area contributed by atoms with Crippen molar-refractivity contribution in [3.05, 3.63) is 176 Å². The Kier molecular flexibility index (Phi) is 6.69. The molecule has 3 heteroatoms. The fourth-order valence-electron chi connectivity index (χ4n) is 6.99. The van der Waals surface area contributed by atoms with Gasteiger partial charge in [0.2, 0.25) is 0 Å². The molecule has 0 spiro atoms. The molecule has 3 aromatic heterocycles. The molecule has 6 aromatic carbocycles. The summed E-state index contributed by atoms with van der Waals surface area (Å²) in [4.78, 5) is 9.46. The molecule has 0 aliphatic heterocycles. The van der Waals surface area contributed by atoms with E-state index in [1.54, 1.807) is 0 Å². The number of benzene rings is 6. The van der Waals surface area contributed by atoms with E-state index in [9.17, 15) is 0 Å². The van der Waals surface area contributed by atoms with Crippen LogP contribution in [0.1, 0.15) is 5.69 Å². The minimum Gasteiger partial charge on any atom is -0.309 e. The molecular weight excluding hydrogens is 583 g/mol. The van der Waals surface area contributed by atoms with E-state index < -0.39 is 0 Å². The van der Waals surface area contributed by atoms with Gasteiger partial charge in [0.05, 0.1) is 22.4 Å². The summed E-state index contributed by atoms with van der Waals surface area (Å²) >= 11 is 0. The van der Waals surface area contributed by atoms with Gasteiger partial charge in [0.15, 0.2) is 0 Å². The lowest BCUT2D eigenvalue weighted by molar-refractivity contribution is 1.18.